The predicted octanol–water partition coefficient (Wildman–Crippen LogP) is 4.42. The molecule has 0 spiro atoms. The lowest BCUT2D eigenvalue weighted by atomic mass is 9.98. The number of hydrogen-bond acceptors (Lipinski definition) is 3. The van der Waals surface area contributed by atoms with Crippen LogP contribution >= 0.6 is 0 Å². The van der Waals surface area contributed by atoms with Crippen LogP contribution in [0.2, 0.25) is 0 Å². The van der Waals surface area contributed by atoms with Crippen molar-refractivity contribution < 1.29 is 9.53 Å². The number of aromatic nitrogens is 1. The Kier molecular flexibility index (Phi) is 3.88. The summed E-state index contributed by atoms with van der Waals surface area (Å²) in [6, 6.07) is 15.7. The highest BCUT2D eigenvalue weighted by molar-refractivity contribution is 5.99. The molecule has 0 bridgehead atoms. The molecule has 0 saturated heterocycles. The molecule has 0 aliphatic heterocycles. The summed E-state index contributed by atoms with van der Waals surface area (Å²) >= 11 is 0. The van der Waals surface area contributed by atoms with Crippen molar-refractivity contribution in [2.45, 2.75) is 13.8 Å². The smallest absolute Gasteiger partial charge is 0.214 e. The van der Waals surface area contributed by atoms with Crippen LogP contribution in [0.4, 0.5) is 0 Å². The monoisotopic (exact) mass is 291 g/mol. The maximum Gasteiger partial charge on any atom is 0.214 e. The van der Waals surface area contributed by atoms with E-state index in [2.05, 4.69) is 4.98 Å². The van der Waals surface area contributed by atoms with Crippen LogP contribution in [-0.4, -0.2) is 17.9 Å². The molecular weight excluding hydrogens is 274 g/mol. The fourth-order valence-corrected chi connectivity index (χ4v) is 2.58. The topological polar surface area (TPSA) is 39.2 Å². The van der Waals surface area contributed by atoms with E-state index in [0.717, 1.165) is 33.9 Å². The summed E-state index contributed by atoms with van der Waals surface area (Å²) < 4.78 is 5.58. The zero-order chi connectivity index (χ0) is 15.5. The molecule has 22 heavy (non-hydrogen) atoms. The standard InChI is InChI=1S/C19H17NO2/c1-3-22-18-11-14-6-4-5-7-16(14)19(20-18)17-10-13(2)8-9-15(17)12-21/h4-12H,3H2,1-2H3. The molecule has 0 atom stereocenters. The van der Waals surface area contributed by atoms with Crippen molar-refractivity contribution in [3.05, 3.63) is 59.7 Å². The molecule has 0 fully saturated rings. The first-order chi connectivity index (χ1) is 10.7. The van der Waals surface area contributed by atoms with Crippen molar-refractivity contribution in [2.24, 2.45) is 0 Å². The molecule has 2 aromatic carbocycles. The Balaban J connectivity index is 2.34. The first-order valence-corrected chi connectivity index (χ1v) is 7.31. The van der Waals surface area contributed by atoms with Gasteiger partial charge in [0.2, 0.25) is 5.88 Å². The second kappa shape index (κ2) is 5.98. The second-order valence-electron chi connectivity index (χ2n) is 5.17. The molecule has 0 N–H and O–H groups in total. The van der Waals surface area contributed by atoms with Crippen molar-refractivity contribution in [2.75, 3.05) is 6.61 Å². The van der Waals surface area contributed by atoms with E-state index in [1.807, 2.05) is 62.4 Å². The molecule has 3 heteroatoms. The largest absolute Gasteiger partial charge is 0.478 e. The summed E-state index contributed by atoms with van der Waals surface area (Å²) in [6.45, 7) is 4.49. The van der Waals surface area contributed by atoms with Crippen LogP contribution in [0.5, 0.6) is 5.88 Å². The van der Waals surface area contributed by atoms with Gasteiger partial charge in [-0.05, 0) is 25.3 Å². The molecule has 3 aromatic rings. The average molecular weight is 291 g/mol. The number of aldehydes is 1. The number of hydrogen-bond donors (Lipinski definition) is 0. The Labute approximate surface area is 129 Å². The minimum atomic E-state index is 0.555. The van der Waals surface area contributed by atoms with Gasteiger partial charge in [-0.25, -0.2) is 4.98 Å². The van der Waals surface area contributed by atoms with Gasteiger partial charge in [-0.15, -0.1) is 0 Å². The highest BCUT2D eigenvalue weighted by atomic mass is 16.5. The number of pyridine rings is 1. The summed E-state index contributed by atoms with van der Waals surface area (Å²) in [4.78, 5) is 16.0. The van der Waals surface area contributed by atoms with Gasteiger partial charge in [0.15, 0.2) is 6.29 Å². The summed E-state index contributed by atoms with van der Waals surface area (Å²) in [7, 11) is 0. The molecule has 3 nitrogen and oxygen atoms in total. The van der Waals surface area contributed by atoms with Crippen LogP contribution in [0.3, 0.4) is 0 Å². The summed E-state index contributed by atoms with van der Waals surface area (Å²) in [5.74, 6) is 0.578. The SMILES string of the molecule is CCOc1cc2ccccc2c(-c2cc(C)ccc2C=O)n1. The van der Waals surface area contributed by atoms with Gasteiger partial charge in [0.25, 0.3) is 0 Å². The van der Waals surface area contributed by atoms with Gasteiger partial charge in [-0.1, -0.05) is 42.0 Å². The lowest BCUT2D eigenvalue weighted by Crippen LogP contribution is -1.98. The Morgan fingerprint density at radius 1 is 1.14 bits per heavy atom. The van der Waals surface area contributed by atoms with Gasteiger partial charge < -0.3 is 4.74 Å². The number of nitrogens with zero attached hydrogens (tertiary/aromatic N) is 1. The molecule has 110 valence electrons. The van der Waals surface area contributed by atoms with Crippen molar-refractivity contribution in [3.63, 3.8) is 0 Å². The van der Waals surface area contributed by atoms with Crippen molar-refractivity contribution in [3.8, 4) is 17.1 Å². The minimum Gasteiger partial charge on any atom is -0.478 e. The van der Waals surface area contributed by atoms with Crippen LogP contribution in [0.25, 0.3) is 22.0 Å². The summed E-state index contributed by atoms with van der Waals surface area (Å²) in [5, 5.41) is 2.06. The molecule has 0 radical (unpaired) electrons. The highest BCUT2D eigenvalue weighted by Gasteiger charge is 2.12. The van der Waals surface area contributed by atoms with Crippen LogP contribution < -0.4 is 4.74 Å². The summed E-state index contributed by atoms with van der Waals surface area (Å²) in [6.07, 6.45) is 0.874. The fourth-order valence-electron chi connectivity index (χ4n) is 2.58. The van der Waals surface area contributed by atoms with Gasteiger partial charge in [-0.2, -0.15) is 0 Å². The number of aryl methyl sites for hydroxylation is 1. The number of fused-ring (bicyclic) bond motifs is 1. The molecule has 1 aromatic heterocycles. The highest BCUT2D eigenvalue weighted by Crippen LogP contribution is 2.32. The Morgan fingerprint density at radius 2 is 1.95 bits per heavy atom. The number of benzene rings is 2. The van der Waals surface area contributed by atoms with Gasteiger partial charge >= 0.3 is 0 Å². The predicted molar refractivity (Wildman–Crippen MR) is 88.5 cm³/mol. The van der Waals surface area contributed by atoms with E-state index in [1.165, 1.54) is 0 Å². The molecule has 1 heterocycles. The molecule has 0 unspecified atom stereocenters. The van der Waals surface area contributed by atoms with Crippen molar-refractivity contribution in [1.29, 1.82) is 0 Å². The minimum absolute atomic E-state index is 0.555. The van der Waals surface area contributed by atoms with Crippen LogP contribution in [-0.2, 0) is 0 Å². The molecular formula is C19H17NO2. The van der Waals surface area contributed by atoms with E-state index in [9.17, 15) is 4.79 Å². The van der Waals surface area contributed by atoms with E-state index in [4.69, 9.17) is 4.74 Å². The molecule has 0 aliphatic carbocycles. The first-order valence-electron chi connectivity index (χ1n) is 7.31. The quantitative estimate of drug-likeness (QED) is 0.668. The zero-order valence-electron chi connectivity index (χ0n) is 12.7. The number of carbonyl (C=O) groups is 1. The maximum atomic E-state index is 11.4. The molecule has 3 rings (SSSR count). The number of carbonyl (C=O) groups excluding carboxylic acids is 1. The molecule has 0 saturated carbocycles. The Morgan fingerprint density at radius 3 is 2.73 bits per heavy atom. The third kappa shape index (κ3) is 2.58. The van der Waals surface area contributed by atoms with E-state index in [-0.39, 0.29) is 0 Å². The van der Waals surface area contributed by atoms with Gasteiger partial charge in [-0.3, -0.25) is 4.79 Å². The third-order valence-corrected chi connectivity index (χ3v) is 3.60. The summed E-state index contributed by atoms with van der Waals surface area (Å²) in [5.41, 5.74) is 3.35. The van der Waals surface area contributed by atoms with Crippen molar-refractivity contribution in [1.82, 2.24) is 4.98 Å². The lowest BCUT2D eigenvalue weighted by molar-refractivity contribution is 0.112. The zero-order valence-corrected chi connectivity index (χ0v) is 12.7. The van der Waals surface area contributed by atoms with Crippen LogP contribution in [0.15, 0.2) is 48.5 Å². The maximum absolute atomic E-state index is 11.4. The van der Waals surface area contributed by atoms with Gasteiger partial charge in [0.05, 0.1) is 12.3 Å². The Hall–Kier alpha value is -2.68. The lowest BCUT2D eigenvalue weighted by Gasteiger charge is -2.12. The van der Waals surface area contributed by atoms with Crippen LogP contribution in [0, 0.1) is 6.92 Å². The molecule has 0 amide bonds. The number of ether oxygens (including phenoxy) is 1. The average Bonchev–Trinajstić information content (AvgIpc) is 2.54. The van der Waals surface area contributed by atoms with E-state index in [1.54, 1.807) is 0 Å². The normalized spacial score (nSPS) is 10.6. The van der Waals surface area contributed by atoms with Crippen molar-refractivity contribution >= 4 is 17.1 Å². The van der Waals surface area contributed by atoms with Crippen LogP contribution in [0.1, 0.15) is 22.8 Å². The van der Waals surface area contributed by atoms with E-state index < -0.39 is 0 Å². The molecule has 0 aliphatic rings. The Bertz CT molecular complexity index is 840. The first kappa shape index (κ1) is 14.3. The second-order valence-corrected chi connectivity index (χ2v) is 5.17. The third-order valence-electron chi connectivity index (χ3n) is 3.60. The van der Waals surface area contributed by atoms with Gasteiger partial charge in [0.1, 0.15) is 0 Å². The number of rotatable bonds is 4. The van der Waals surface area contributed by atoms with E-state index in [0.29, 0.717) is 18.1 Å². The fraction of sp³-hybridized carbons (Fsp3) is 0.158. The van der Waals surface area contributed by atoms with E-state index >= 15 is 0 Å². The van der Waals surface area contributed by atoms with Gasteiger partial charge in [0, 0.05) is 22.6 Å².